The van der Waals surface area contributed by atoms with Crippen LogP contribution in [0, 0.1) is 0 Å². The summed E-state index contributed by atoms with van der Waals surface area (Å²) in [5, 5.41) is 0. The average Bonchev–Trinajstić information content (AvgIpc) is 3.19. The Bertz CT molecular complexity index is 827. The Balaban J connectivity index is 1.58. The summed E-state index contributed by atoms with van der Waals surface area (Å²) in [5.41, 5.74) is 2.19. The number of likely N-dealkylation sites (tertiary alicyclic amines) is 1. The quantitative estimate of drug-likeness (QED) is 0.870. The van der Waals surface area contributed by atoms with Crippen molar-refractivity contribution in [2.24, 2.45) is 0 Å². The van der Waals surface area contributed by atoms with Gasteiger partial charge in [0.15, 0.2) is 0 Å². The van der Waals surface area contributed by atoms with Crippen LogP contribution in [0.2, 0.25) is 0 Å². The maximum absolute atomic E-state index is 12.8. The zero-order valence-electron chi connectivity index (χ0n) is 15.4. The zero-order valence-corrected chi connectivity index (χ0v) is 15.4. The molecule has 0 unspecified atom stereocenters. The van der Waals surface area contributed by atoms with Gasteiger partial charge in [-0.2, -0.15) is 0 Å². The smallest absolute Gasteiger partial charge is 0.253 e. The molecule has 4 heterocycles. The van der Waals surface area contributed by atoms with Crippen LogP contribution >= 0.6 is 0 Å². The van der Waals surface area contributed by atoms with Gasteiger partial charge in [-0.15, -0.1) is 0 Å². The standard InChI is InChI=1S/C19H23N5O3/c1-27-12-16(25)24-9-4-15-17(22-13-21-15)19(24)5-10-23(11-6-19)18(26)14-2-7-20-8-3-14/h2-3,7-8,13H,4-6,9-12H2,1H3,(H,21,22). The number of H-pyrrole nitrogens is 1. The largest absolute Gasteiger partial charge is 0.375 e. The van der Waals surface area contributed by atoms with Gasteiger partial charge in [-0.3, -0.25) is 14.6 Å². The van der Waals surface area contributed by atoms with E-state index in [2.05, 4.69) is 15.0 Å². The highest BCUT2D eigenvalue weighted by atomic mass is 16.5. The number of aromatic amines is 1. The SMILES string of the molecule is COCC(=O)N1CCc2[nH]cnc2C12CCN(C(=O)c1ccncc1)CC2. The van der Waals surface area contributed by atoms with Gasteiger partial charge in [0.2, 0.25) is 5.91 Å². The first-order valence-corrected chi connectivity index (χ1v) is 9.17. The second-order valence-corrected chi connectivity index (χ2v) is 7.02. The molecule has 0 saturated carbocycles. The topological polar surface area (TPSA) is 91.4 Å². The summed E-state index contributed by atoms with van der Waals surface area (Å²) in [6.07, 6.45) is 7.04. The Kier molecular flexibility index (Phi) is 4.65. The molecule has 2 aromatic rings. The maximum Gasteiger partial charge on any atom is 0.253 e. The highest BCUT2D eigenvalue weighted by molar-refractivity contribution is 5.94. The van der Waals surface area contributed by atoms with E-state index in [0.29, 0.717) is 38.0 Å². The van der Waals surface area contributed by atoms with E-state index in [1.54, 1.807) is 30.9 Å². The van der Waals surface area contributed by atoms with Gasteiger partial charge in [0.25, 0.3) is 5.91 Å². The van der Waals surface area contributed by atoms with Crippen molar-refractivity contribution in [3.05, 3.63) is 47.8 Å². The van der Waals surface area contributed by atoms with Crippen LogP contribution in [-0.2, 0) is 21.5 Å². The van der Waals surface area contributed by atoms with Gasteiger partial charge < -0.3 is 19.5 Å². The van der Waals surface area contributed by atoms with E-state index in [0.717, 1.165) is 17.8 Å². The van der Waals surface area contributed by atoms with Gasteiger partial charge in [-0.25, -0.2) is 4.98 Å². The number of hydrogen-bond donors (Lipinski definition) is 1. The van der Waals surface area contributed by atoms with Crippen molar-refractivity contribution in [2.45, 2.75) is 24.8 Å². The number of methoxy groups -OCH3 is 1. The van der Waals surface area contributed by atoms with E-state index < -0.39 is 5.54 Å². The molecule has 0 bridgehead atoms. The van der Waals surface area contributed by atoms with Crippen LogP contribution in [0.15, 0.2) is 30.9 Å². The lowest BCUT2D eigenvalue weighted by Gasteiger charge is -2.50. The Morgan fingerprint density at radius 2 is 1.96 bits per heavy atom. The summed E-state index contributed by atoms with van der Waals surface area (Å²) in [5.74, 6) is -0.0276. The third kappa shape index (κ3) is 2.99. The van der Waals surface area contributed by atoms with Crippen molar-refractivity contribution in [3.63, 3.8) is 0 Å². The number of nitrogens with zero attached hydrogens (tertiary/aromatic N) is 4. The molecular formula is C19H23N5O3. The molecule has 8 nitrogen and oxygen atoms in total. The minimum Gasteiger partial charge on any atom is -0.375 e. The summed E-state index contributed by atoms with van der Waals surface area (Å²) in [7, 11) is 1.53. The molecule has 0 aliphatic carbocycles. The fraction of sp³-hybridized carbons (Fsp3) is 0.474. The summed E-state index contributed by atoms with van der Waals surface area (Å²) in [6.45, 7) is 1.84. The Hall–Kier alpha value is -2.74. The minimum absolute atomic E-state index is 0.0000729. The maximum atomic E-state index is 12.8. The molecule has 1 N–H and O–H groups in total. The van der Waals surface area contributed by atoms with Crippen molar-refractivity contribution in [1.82, 2.24) is 24.8 Å². The molecule has 27 heavy (non-hydrogen) atoms. The molecule has 1 fully saturated rings. The van der Waals surface area contributed by atoms with Crippen molar-refractivity contribution < 1.29 is 14.3 Å². The number of ether oxygens (including phenoxy) is 1. The van der Waals surface area contributed by atoms with E-state index >= 15 is 0 Å². The van der Waals surface area contributed by atoms with Gasteiger partial charge in [0.05, 0.1) is 17.6 Å². The van der Waals surface area contributed by atoms with E-state index in [-0.39, 0.29) is 18.4 Å². The molecule has 0 atom stereocenters. The van der Waals surface area contributed by atoms with Crippen LogP contribution in [0.25, 0.3) is 0 Å². The van der Waals surface area contributed by atoms with Gasteiger partial charge in [-0.05, 0) is 25.0 Å². The minimum atomic E-state index is -0.474. The molecule has 1 spiro atoms. The van der Waals surface area contributed by atoms with Crippen LogP contribution in [-0.4, -0.2) is 69.9 Å². The molecule has 4 rings (SSSR count). The molecule has 2 aliphatic heterocycles. The van der Waals surface area contributed by atoms with E-state index in [9.17, 15) is 9.59 Å². The number of pyridine rings is 1. The predicted molar refractivity (Wildman–Crippen MR) is 96.9 cm³/mol. The molecule has 8 heteroatoms. The second-order valence-electron chi connectivity index (χ2n) is 7.02. The van der Waals surface area contributed by atoms with Gasteiger partial charge in [0, 0.05) is 56.8 Å². The van der Waals surface area contributed by atoms with Crippen molar-refractivity contribution in [3.8, 4) is 0 Å². The fourth-order valence-corrected chi connectivity index (χ4v) is 4.31. The number of piperidine rings is 1. The third-order valence-electron chi connectivity index (χ3n) is 5.64. The van der Waals surface area contributed by atoms with E-state index in [4.69, 9.17) is 4.74 Å². The van der Waals surface area contributed by atoms with Crippen LogP contribution in [0.3, 0.4) is 0 Å². The highest BCUT2D eigenvalue weighted by Crippen LogP contribution is 2.42. The number of hydrogen-bond acceptors (Lipinski definition) is 5. The van der Waals surface area contributed by atoms with Crippen molar-refractivity contribution in [2.75, 3.05) is 33.4 Å². The normalized spacial score (nSPS) is 18.4. The highest BCUT2D eigenvalue weighted by Gasteiger charge is 2.49. The monoisotopic (exact) mass is 369 g/mol. The van der Waals surface area contributed by atoms with Crippen molar-refractivity contribution >= 4 is 11.8 Å². The average molecular weight is 369 g/mol. The predicted octanol–water partition coefficient (Wildman–Crippen LogP) is 0.967. The Labute approximate surface area is 157 Å². The number of carbonyl (C=O) groups is 2. The number of amides is 2. The van der Waals surface area contributed by atoms with E-state index in [1.807, 2.05) is 9.80 Å². The lowest BCUT2D eigenvalue weighted by atomic mass is 9.78. The summed E-state index contributed by atoms with van der Waals surface area (Å²) in [6, 6.07) is 3.46. The van der Waals surface area contributed by atoms with Crippen LogP contribution in [0.5, 0.6) is 0 Å². The second kappa shape index (κ2) is 7.11. The number of aromatic nitrogens is 3. The van der Waals surface area contributed by atoms with Gasteiger partial charge >= 0.3 is 0 Å². The number of nitrogens with one attached hydrogen (secondary N) is 1. The Morgan fingerprint density at radius 1 is 1.22 bits per heavy atom. The molecule has 0 radical (unpaired) electrons. The first-order valence-electron chi connectivity index (χ1n) is 9.17. The molecular weight excluding hydrogens is 346 g/mol. The molecule has 2 amide bonds. The third-order valence-corrected chi connectivity index (χ3v) is 5.64. The van der Waals surface area contributed by atoms with Gasteiger partial charge in [-0.1, -0.05) is 0 Å². The molecule has 142 valence electrons. The zero-order chi connectivity index (χ0) is 18.9. The van der Waals surface area contributed by atoms with Gasteiger partial charge in [0.1, 0.15) is 6.61 Å². The lowest BCUT2D eigenvalue weighted by molar-refractivity contribution is -0.145. The van der Waals surface area contributed by atoms with E-state index in [1.165, 1.54) is 7.11 Å². The number of carbonyl (C=O) groups excluding carboxylic acids is 2. The number of rotatable bonds is 3. The van der Waals surface area contributed by atoms with Crippen LogP contribution in [0.1, 0.15) is 34.6 Å². The molecule has 0 aromatic carbocycles. The summed E-state index contributed by atoms with van der Waals surface area (Å²) >= 11 is 0. The molecule has 2 aromatic heterocycles. The van der Waals surface area contributed by atoms with Crippen molar-refractivity contribution in [1.29, 1.82) is 0 Å². The number of fused-ring (bicyclic) bond motifs is 2. The number of imidazole rings is 1. The molecule has 2 aliphatic rings. The fourth-order valence-electron chi connectivity index (χ4n) is 4.31. The lowest BCUT2D eigenvalue weighted by Crippen LogP contribution is -2.59. The molecule has 1 saturated heterocycles. The first kappa shape index (κ1) is 17.7. The van der Waals surface area contributed by atoms with Crippen LogP contribution in [0.4, 0.5) is 0 Å². The first-order chi connectivity index (χ1) is 13.2. The summed E-state index contributed by atoms with van der Waals surface area (Å²) < 4.78 is 5.09. The summed E-state index contributed by atoms with van der Waals surface area (Å²) in [4.78, 5) is 41.0. The Morgan fingerprint density at radius 3 is 2.67 bits per heavy atom. The van der Waals surface area contributed by atoms with Crippen LogP contribution < -0.4 is 0 Å².